The Morgan fingerprint density at radius 2 is 1.93 bits per heavy atom. The van der Waals surface area contributed by atoms with E-state index in [1.807, 2.05) is 12.1 Å². The highest BCUT2D eigenvalue weighted by molar-refractivity contribution is 7.99. The third-order valence-corrected chi connectivity index (χ3v) is 6.54. The summed E-state index contributed by atoms with van der Waals surface area (Å²) in [6, 6.07) is 8.27. The number of aliphatic imine (C=N–C) groups is 1. The van der Waals surface area contributed by atoms with E-state index in [-0.39, 0.29) is 5.82 Å². The van der Waals surface area contributed by atoms with E-state index in [1.165, 1.54) is 69.4 Å². The van der Waals surface area contributed by atoms with Crippen molar-refractivity contribution in [1.29, 1.82) is 0 Å². The van der Waals surface area contributed by atoms with Crippen molar-refractivity contribution in [1.82, 2.24) is 15.5 Å². The van der Waals surface area contributed by atoms with Gasteiger partial charge in [0.05, 0.1) is 6.54 Å². The van der Waals surface area contributed by atoms with Gasteiger partial charge < -0.3 is 15.5 Å². The number of hydrogen-bond acceptors (Lipinski definition) is 3. The Bertz CT molecular complexity index is 596. The molecule has 0 spiro atoms. The predicted octanol–water partition coefficient (Wildman–Crippen LogP) is 3.88. The summed E-state index contributed by atoms with van der Waals surface area (Å²) < 4.78 is 13.7. The van der Waals surface area contributed by atoms with Crippen molar-refractivity contribution < 1.29 is 4.39 Å². The van der Waals surface area contributed by atoms with Crippen LogP contribution in [0.1, 0.15) is 45.4 Å². The number of halogens is 1. The lowest BCUT2D eigenvalue weighted by atomic mass is 10.0. The van der Waals surface area contributed by atoms with Gasteiger partial charge in [0.25, 0.3) is 0 Å². The standard InChI is InChI=1S/C21H33FN4S/c1-2-23-21(24-13-16-27-20-10-6-5-9-19(20)22)25-17-11-14-26(15-12-17)18-7-3-4-8-18/h5-6,9-10,17-18H,2-4,7-8,11-16H2,1H3,(H2,23,24,25). The average Bonchev–Trinajstić information content (AvgIpc) is 3.22. The highest BCUT2D eigenvalue weighted by Crippen LogP contribution is 2.26. The molecule has 1 aromatic rings. The first-order chi connectivity index (χ1) is 13.3. The zero-order valence-corrected chi connectivity index (χ0v) is 17.2. The highest BCUT2D eigenvalue weighted by Gasteiger charge is 2.27. The summed E-state index contributed by atoms with van der Waals surface area (Å²) in [6.45, 7) is 6.02. The molecule has 2 fully saturated rings. The molecule has 1 saturated carbocycles. The lowest BCUT2D eigenvalue weighted by Gasteiger charge is -2.36. The molecule has 3 rings (SSSR count). The zero-order chi connectivity index (χ0) is 18.9. The minimum Gasteiger partial charge on any atom is -0.357 e. The second kappa shape index (κ2) is 10.9. The van der Waals surface area contributed by atoms with E-state index in [2.05, 4.69) is 27.4 Å². The maximum absolute atomic E-state index is 13.7. The molecule has 27 heavy (non-hydrogen) atoms. The van der Waals surface area contributed by atoms with Crippen molar-refractivity contribution in [3.05, 3.63) is 30.1 Å². The van der Waals surface area contributed by atoms with E-state index in [0.29, 0.717) is 17.5 Å². The summed E-state index contributed by atoms with van der Waals surface area (Å²) in [7, 11) is 0. The summed E-state index contributed by atoms with van der Waals surface area (Å²) in [5, 5.41) is 6.96. The molecule has 0 radical (unpaired) electrons. The van der Waals surface area contributed by atoms with Gasteiger partial charge in [0, 0.05) is 42.4 Å². The van der Waals surface area contributed by atoms with Crippen LogP contribution in [-0.2, 0) is 0 Å². The van der Waals surface area contributed by atoms with E-state index in [9.17, 15) is 4.39 Å². The van der Waals surface area contributed by atoms with Crippen LogP contribution in [-0.4, -0.2) is 54.9 Å². The van der Waals surface area contributed by atoms with Gasteiger partial charge in [-0.1, -0.05) is 25.0 Å². The van der Waals surface area contributed by atoms with Crippen LogP contribution in [0.15, 0.2) is 34.2 Å². The molecule has 0 bridgehead atoms. The van der Waals surface area contributed by atoms with Crippen molar-refractivity contribution in [3.8, 4) is 0 Å². The highest BCUT2D eigenvalue weighted by atomic mass is 32.2. The molecule has 0 aromatic heterocycles. The van der Waals surface area contributed by atoms with Crippen molar-refractivity contribution in [3.63, 3.8) is 0 Å². The molecular weight excluding hydrogens is 359 g/mol. The SMILES string of the molecule is CCNC(=NCCSc1ccccc1F)NC1CCN(C2CCCC2)CC1. The van der Waals surface area contributed by atoms with Gasteiger partial charge in [0.15, 0.2) is 5.96 Å². The third kappa shape index (κ3) is 6.39. The molecule has 0 unspecified atom stereocenters. The van der Waals surface area contributed by atoms with Gasteiger partial charge in [-0.05, 0) is 44.7 Å². The van der Waals surface area contributed by atoms with Crippen LogP contribution in [0.2, 0.25) is 0 Å². The largest absolute Gasteiger partial charge is 0.357 e. The predicted molar refractivity (Wildman–Crippen MR) is 113 cm³/mol. The maximum atomic E-state index is 13.7. The molecule has 150 valence electrons. The third-order valence-electron chi connectivity index (χ3n) is 5.51. The smallest absolute Gasteiger partial charge is 0.191 e. The molecule has 0 amide bonds. The van der Waals surface area contributed by atoms with Gasteiger partial charge in [0.2, 0.25) is 0 Å². The first-order valence-electron chi connectivity index (χ1n) is 10.4. The van der Waals surface area contributed by atoms with E-state index in [4.69, 9.17) is 0 Å². The molecule has 4 nitrogen and oxygen atoms in total. The summed E-state index contributed by atoms with van der Waals surface area (Å²) in [4.78, 5) is 8.08. The fraction of sp³-hybridized carbons (Fsp3) is 0.667. The number of hydrogen-bond donors (Lipinski definition) is 2. The van der Waals surface area contributed by atoms with Gasteiger partial charge in [-0.15, -0.1) is 11.8 Å². The summed E-state index contributed by atoms with van der Waals surface area (Å²) in [5.41, 5.74) is 0. The first-order valence-corrected chi connectivity index (χ1v) is 11.4. The molecule has 0 atom stereocenters. The minimum atomic E-state index is -0.148. The first kappa shape index (κ1) is 20.5. The van der Waals surface area contributed by atoms with Crippen LogP contribution in [0.5, 0.6) is 0 Å². The summed E-state index contributed by atoms with van der Waals surface area (Å²) >= 11 is 1.52. The second-order valence-electron chi connectivity index (χ2n) is 7.43. The maximum Gasteiger partial charge on any atom is 0.191 e. The Hall–Kier alpha value is -1.27. The van der Waals surface area contributed by atoms with Crippen molar-refractivity contribution >= 4 is 17.7 Å². The summed E-state index contributed by atoms with van der Waals surface area (Å²) in [5.74, 6) is 1.52. The topological polar surface area (TPSA) is 39.7 Å². The lowest BCUT2D eigenvalue weighted by molar-refractivity contribution is 0.150. The van der Waals surface area contributed by atoms with E-state index in [0.717, 1.165) is 24.3 Å². The van der Waals surface area contributed by atoms with Crippen LogP contribution >= 0.6 is 11.8 Å². The van der Waals surface area contributed by atoms with Crippen LogP contribution in [0, 0.1) is 5.82 Å². The Morgan fingerprint density at radius 1 is 1.19 bits per heavy atom. The average molecular weight is 393 g/mol. The Morgan fingerprint density at radius 3 is 2.63 bits per heavy atom. The molecule has 2 N–H and O–H groups in total. The second-order valence-corrected chi connectivity index (χ2v) is 8.57. The van der Waals surface area contributed by atoms with Crippen molar-refractivity contribution in [2.45, 2.75) is 62.4 Å². The molecule has 1 aliphatic heterocycles. The van der Waals surface area contributed by atoms with E-state index in [1.54, 1.807) is 6.07 Å². The number of piperidine rings is 1. The summed E-state index contributed by atoms with van der Waals surface area (Å²) in [6.07, 6.45) is 7.97. The number of thioether (sulfide) groups is 1. The zero-order valence-electron chi connectivity index (χ0n) is 16.4. The molecular formula is C21H33FN4S. The number of guanidine groups is 1. The number of nitrogens with zero attached hydrogens (tertiary/aromatic N) is 2. The molecule has 1 saturated heterocycles. The van der Waals surface area contributed by atoms with Crippen LogP contribution in [0.25, 0.3) is 0 Å². The Kier molecular flexibility index (Phi) is 8.27. The van der Waals surface area contributed by atoms with Crippen molar-refractivity contribution in [2.24, 2.45) is 4.99 Å². The number of rotatable bonds is 7. The minimum absolute atomic E-state index is 0.148. The Balaban J connectivity index is 1.41. The molecule has 1 aliphatic carbocycles. The quantitative estimate of drug-likeness (QED) is 0.320. The van der Waals surface area contributed by atoms with Gasteiger partial charge in [-0.3, -0.25) is 4.99 Å². The lowest BCUT2D eigenvalue weighted by Crippen LogP contribution is -2.50. The van der Waals surface area contributed by atoms with Crippen LogP contribution in [0.4, 0.5) is 4.39 Å². The fourth-order valence-corrected chi connectivity index (χ4v) is 4.85. The van der Waals surface area contributed by atoms with E-state index < -0.39 is 0 Å². The number of likely N-dealkylation sites (tertiary alicyclic amines) is 1. The van der Waals surface area contributed by atoms with Gasteiger partial charge in [-0.2, -0.15) is 0 Å². The monoisotopic (exact) mass is 392 g/mol. The van der Waals surface area contributed by atoms with Crippen molar-refractivity contribution in [2.75, 3.05) is 31.9 Å². The van der Waals surface area contributed by atoms with Crippen LogP contribution < -0.4 is 10.6 Å². The fourth-order valence-electron chi connectivity index (χ4n) is 4.07. The van der Waals surface area contributed by atoms with Gasteiger partial charge >= 0.3 is 0 Å². The normalized spacial score (nSPS) is 20.1. The number of benzene rings is 1. The molecule has 1 aromatic carbocycles. The van der Waals surface area contributed by atoms with Crippen LogP contribution in [0.3, 0.4) is 0 Å². The van der Waals surface area contributed by atoms with E-state index >= 15 is 0 Å². The van der Waals surface area contributed by atoms with Gasteiger partial charge in [-0.25, -0.2) is 4.39 Å². The Labute approximate surface area is 167 Å². The number of nitrogens with one attached hydrogen (secondary N) is 2. The molecule has 1 heterocycles. The molecule has 2 aliphatic rings. The molecule has 6 heteroatoms. The van der Waals surface area contributed by atoms with Gasteiger partial charge in [0.1, 0.15) is 5.82 Å².